The summed E-state index contributed by atoms with van der Waals surface area (Å²) >= 11 is 0. The average Bonchev–Trinajstić information content (AvgIpc) is 2.78. The fourth-order valence-corrected chi connectivity index (χ4v) is 1.91. The number of rotatable bonds is 4. The molecule has 1 aromatic heterocycles. The number of nitrogens with one attached hydrogen (secondary N) is 1. The summed E-state index contributed by atoms with van der Waals surface area (Å²) in [5, 5.41) is 3.28. The van der Waals surface area contributed by atoms with E-state index in [4.69, 9.17) is 4.74 Å². The first-order chi connectivity index (χ1) is 7.83. The maximum absolute atomic E-state index is 5.34. The summed E-state index contributed by atoms with van der Waals surface area (Å²) < 4.78 is 5.34. The molecule has 88 valence electrons. The Labute approximate surface area is 95.8 Å². The van der Waals surface area contributed by atoms with Crippen LogP contribution in [0.4, 0.5) is 5.82 Å². The van der Waals surface area contributed by atoms with Gasteiger partial charge in [-0.15, -0.1) is 0 Å². The van der Waals surface area contributed by atoms with Crippen LogP contribution in [0.3, 0.4) is 0 Å². The standard InChI is InChI=1S/C11H18N4O/c1-3-16-11-7-13-6-10(14-11)15-5-4-9(8-15)12-2/h6-7,9,12H,3-5,8H2,1-2H3. The Morgan fingerprint density at radius 1 is 1.56 bits per heavy atom. The van der Waals surface area contributed by atoms with E-state index >= 15 is 0 Å². The summed E-state index contributed by atoms with van der Waals surface area (Å²) in [4.78, 5) is 10.8. The summed E-state index contributed by atoms with van der Waals surface area (Å²) in [5.41, 5.74) is 0. The van der Waals surface area contributed by atoms with Crippen LogP contribution >= 0.6 is 0 Å². The van der Waals surface area contributed by atoms with Crippen molar-refractivity contribution in [2.45, 2.75) is 19.4 Å². The van der Waals surface area contributed by atoms with Crippen LogP contribution in [0.5, 0.6) is 5.88 Å². The molecule has 0 saturated carbocycles. The van der Waals surface area contributed by atoms with Gasteiger partial charge in [-0.05, 0) is 20.4 Å². The van der Waals surface area contributed by atoms with E-state index in [-0.39, 0.29) is 0 Å². The molecule has 5 heteroatoms. The minimum absolute atomic E-state index is 0.553. The first-order valence-electron chi connectivity index (χ1n) is 5.70. The van der Waals surface area contributed by atoms with Crippen molar-refractivity contribution in [2.24, 2.45) is 0 Å². The van der Waals surface area contributed by atoms with E-state index in [1.54, 1.807) is 12.4 Å². The normalized spacial score (nSPS) is 20.1. The van der Waals surface area contributed by atoms with E-state index in [2.05, 4.69) is 20.2 Å². The van der Waals surface area contributed by atoms with Crippen molar-refractivity contribution in [3.63, 3.8) is 0 Å². The van der Waals surface area contributed by atoms with Crippen LogP contribution in [-0.4, -0.2) is 42.8 Å². The Kier molecular flexibility index (Phi) is 3.56. The molecule has 1 aromatic rings. The number of hydrogen-bond donors (Lipinski definition) is 1. The zero-order chi connectivity index (χ0) is 11.4. The molecular formula is C11H18N4O. The Morgan fingerprint density at radius 2 is 2.44 bits per heavy atom. The van der Waals surface area contributed by atoms with E-state index in [0.29, 0.717) is 18.5 Å². The molecule has 2 heterocycles. The van der Waals surface area contributed by atoms with E-state index in [1.807, 2.05) is 14.0 Å². The lowest BCUT2D eigenvalue weighted by atomic mass is 10.3. The predicted octanol–water partition coefficient (Wildman–Crippen LogP) is 0.673. The van der Waals surface area contributed by atoms with Gasteiger partial charge in [-0.2, -0.15) is 4.98 Å². The van der Waals surface area contributed by atoms with Gasteiger partial charge in [0, 0.05) is 19.1 Å². The maximum Gasteiger partial charge on any atom is 0.234 e. The average molecular weight is 222 g/mol. The monoisotopic (exact) mass is 222 g/mol. The Balaban J connectivity index is 2.06. The molecule has 2 rings (SSSR count). The van der Waals surface area contributed by atoms with Gasteiger partial charge in [0.05, 0.1) is 19.0 Å². The summed E-state index contributed by atoms with van der Waals surface area (Å²) in [7, 11) is 2.00. The molecular weight excluding hydrogens is 204 g/mol. The molecule has 0 amide bonds. The van der Waals surface area contributed by atoms with Crippen molar-refractivity contribution in [3.05, 3.63) is 12.4 Å². The molecule has 0 aliphatic carbocycles. The summed E-state index contributed by atoms with van der Waals surface area (Å²) in [6.07, 6.45) is 4.59. The highest BCUT2D eigenvalue weighted by Gasteiger charge is 2.22. The molecule has 1 fully saturated rings. The first-order valence-corrected chi connectivity index (χ1v) is 5.70. The second-order valence-electron chi connectivity index (χ2n) is 3.87. The lowest BCUT2D eigenvalue weighted by Gasteiger charge is -2.17. The van der Waals surface area contributed by atoms with Crippen molar-refractivity contribution >= 4 is 5.82 Å². The Bertz CT molecular complexity index is 345. The smallest absolute Gasteiger partial charge is 0.234 e. The number of hydrogen-bond acceptors (Lipinski definition) is 5. The van der Waals surface area contributed by atoms with Crippen molar-refractivity contribution < 1.29 is 4.74 Å². The van der Waals surface area contributed by atoms with Crippen molar-refractivity contribution in [1.29, 1.82) is 0 Å². The number of nitrogens with zero attached hydrogens (tertiary/aromatic N) is 3. The van der Waals surface area contributed by atoms with Gasteiger partial charge in [-0.3, -0.25) is 4.98 Å². The van der Waals surface area contributed by atoms with Crippen molar-refractivity contribution in [1.82, 2.24) is 15.3 Å². The molecule has 0 bridgehead atoms. The fraction of sp³-hybridized carbons (Fsp3) is 0.636. The number of ether oxygens (including phenoxy) is 1. The molecule has 0 spiro atoms. The van der Waals surface area contributed by atoms with Crippen LogP contribution in [0.15, 0.2) is 12.4 Å². The van der Waals surface area contributed by atoms with E-state index in [0.717, 1.165) is 25.3 Å². The molecule has 16 heavy (non-hydrogen) atoms. The van der Waals surface area contributed by atoms with Crippen LogP contribution in [0.1, 0.15) is 13.3 Å². The van der Waals surface area contributed by atoms with E-state index in [1.165, 1.54) is 0 Å². The highest BCUT2D eigenvalue weighted by atomic mass is 16.5. The van der Waals surface area contributed by atoms with Gasteiger partial charge >= 0.3 is 0 Å². The summed E-state index contributed by atoms with van der Waals surface area (Å²) in [5.74, 6) is 1.51. The molecule has 0 radical (unpaired) electrons. The van der Waals surface area contributed by atoms with E-state index in [9.17, 15) is 0 Å². The third kappa shape index (κ3) is 2.41. The van der Waals surface area contributed by atoms with Crippen molar-refractivity contribution in [2.75, 3.05) is 31.6 Å². The second kappa shape index (κ2) is 5.12. The number of likely N-dealkylation sites (N-methyl/N-ethyl adjacent to an activating group) is 1. The van der Waals surface area contributed by atoms with Crippen LogP contribution < -0.4 is 15.0 Å². The van der Waals surface area contributed by atoms with Gasteiger partial charge in [0.15, 0.2) is 5.82 Å². The molecule has 1 aliphatic heterocycles. The molecule has 1 aliphatic rings. The third-order valence-electron chi connectivity index (χ3n) is 2.81. The van der Waals surface area contributed by atoms with E-state index < -0.39 is 0 Å². The van der Waals surface area contributed by atoms with Crippen LogP contribution in [-0.2, 0) is 0 Å². The van der Waals surface area contributed by atoms with Gasteiger partial charge in [0.25, 0.3) is 0 Å². The SMILES string of the molecule is CCOc1cncc(N2CCC(NC)C2)n1. The van der Waals surface area contributed by atoms with Gasteiger partial charge in [0.1, 0.15) is 0 Å². The zero-order valence-electron chi connectivity index (χ0n) is 9.81. The minimum Gasteiger partial charge on any atom is -0.477 e. The number of anilines is 1. The highest BCUT2D eigenvalue weighted by molar-refractivity contribution is 5.39. The fourth-order valence-electron chi connectivity index (χ4n) is 1.91. The zero-order valence-corrected chi connectivity index (χ0v) is 9.81. The third-order valence-corrected chi connectivity index (χ3v) is 2.81. The minimum atomic E-state index is 0.553. The molecule has 0 aromatic carbocycles. The topological polar surface area (TPSA) is 50.3 Å². The summed E-state index contributed by atoms with van der Waals surface area (Å²) in [6.45, 7) is 4.58. The van der Waals surface area contributed by atoms with Crippen LogP contribution in [0, 0.1) is 0 Å². The Hall–Kier alpha value is -1.36. The van der Waals surface area contributed by atoms with Gasteiger partial charge < -0.3 is 15.0 Å². The molecule has 1 N–H and O–H groups in total. The molecule has 1 unspecified atom stereocenters. The van der Waals surface area contributed by atoms with Crippen LogP contribution in [0.2, 0.25) is 0 Å². The molecule has 5 nitrogen and oxygen atoms in total. The van der Waals surface area contributed by atoms with Crippen molar-refractivity contribution in [3.8, 4) is 5.88 Å². The van der Waals surface area contributed by atoms with Crippen LogP contribution in [0.25, 0.3) is 0 Å². The largest absolute Gasteiger partial charge is 0.477 e. The molecule has 1 atom stereocenters. The van der Waals surface area contributed by atoms with Gasteiger partial charge in [0.2, 0.25) is 5.88 Å². The van der Waals surface area contributed by atoms with Gasteiger partial charge in [-0.25, -0.2) is 0 Å². The lowest BCUT2D eigenvalue weighted by Crippen LogP contribution is -2.29. The molecule has 1 saturated heterocycles. The second-order valence-corrected chi connectivity index (χ2v) is 3.87. The lowest BCUT2D eigenvalue weighted by molar-refractivity contribution is 0.325. The quantitative estimate of drug-likeness (QED) is 0.811. The highest BCUT2D eigenvalue weighted by Crippen LogP contribution is 2.19. The maximum atomic E-state index is 5.34. The first kappa shape index (κ1) is 11.1. The van der Waals surface area contributed by atoms with Gasteiger partial charge in [-0.1, -0.05) is 0 Å². The Morgan fingerprint density at radius 3 is 3.12 bits per heavy atom. The number of aromatic nitrogens is 2. The predicted molar refractivity (Wildman–Crippen MR) is 62.9 cm³/mol. The summed E-state index contributed by atoms with van der Waals surface area (Å²) in [6, 6.07) is 0.553.